The Morgan fingerprint density at radius 1 is 0.833 bits per heavy atom. The van der Waals surface area contributed by atoms with Crippen LogP contribution in [0, 0.1) is 0 Å². The van der Waals surface area contributed by atoms with E-state index in [1.54, 1.807) is 14.2 Å². The summed E-state index contributed by atoms with van der Waals surface area (Å²) >= 11 is 0. The van der Waals surface area contributed by atoms with Crippen molar-refractivity contribution < 1.29 is 19.3 Å². The molecular weight excluding hydrogens is 304 g/mol. The summed E-state index contributed by atoms with van der Waals surface area (Å²) in [6, 6.07) is 16.1. The number of hydrogen-bond acceptors (Lipinski definition) is 4. The highest BCUT2D eigenvalue weighted by Crippen LogP contribution is 2.33. The maximum Gasteiger partial charge on any atom is 0.119 e. The fourth-order valence-electron chi connectivity index (χ4n) is 2.58. The first-order valence-corrected chi connectivity index (χ1v) is 8.02. The molecule has 0 aliphatic carbocycles. The molecule has 2 rings (SSSR count). The highest BCUT2D eigenvalue weighted by molar-refractivity contribution is 5.41. The van der Waals surface area contributed by atoms with Crippen LogP contribution < -0.4 is 9.47 Å². The average molecular weight is 330 g/mol. The van der Waals surface area contributed by atoms with Crippen molar-refractivity contribution in [2.24, 2.45) is 0 Å². The quantitative estimate of drug-likeness (QED) is 0.806. The molecule has 0 spiro atoms. The summed E-state index contributed by atoms with van der Waals surface area (Å²) in [5.74, 6) is 1.59. The molecule has 4 nitrogen and oxygen atoms in total. The van der Waals surface area contributed by atoms with Gasteiger partial charge in [0.25, 0.3) is 0 Å². The van der Waals surface area contributed by atoms with E-state index in [4.69, 9.17) is 14.2 Å². The van der Waals surface area contributed by atoms with Gasteiger partial charge in [-0.25, -0.2) is 0 Å². The minimum atomic E-state index is -0.620. The van der Waals surface area contributed by atoms with Crippen LogP contribution in [0.25, 0.3) is 0 Å². The van der Waals surface area contributed by atoms with Gasteiger partial charge in [-0.3, -0.25) is 0 Å². The Morgan fingerprint density at radius 3 is 1.79 bits per heavy atom. The van der Waals surface area contributed by atoms with E-state index in [-0.39, 0.29) is 18.6 Å². The topological polar surface area (TPSA) is 47.9 Å². The smallest absolute Gasteiger partial charge is 0.119 e. The van der Waals surface area contributed by atoms with Gasteiger partial charge < -0.3 is 19.3 Å². The van der Waals surface area contributed by atoms with Crippen molar-refractivity contribution in [2.45, 2.75) is 25.4 Å². The van der Waals surface area contributed by atoms with Crippen LogP contribution in [0.15, 0.2) is 48.5 Å². The maximum absolute atomic E-state index is 9.63. The van der Waals surface area contributed by atoms with Gasteiger partial charge in [0.2, 0.25) is 0 Å². The second-order valence-electron chi connectivity index (χ2n) is 6.30. The Bertz CT molecular complexity index is 617. The molecular formula is C20H26O4. The molecule has 0 saturated carbocycles. The summed E-state index contributed by atoms with van der Waals surface area (Å²) < 4.78 is 15.7. The highest BCUT2D eigenvalue weighted by atomic mass is 16.5. The first-order chi connectivity index (χ1) is 11.5. The Balaban J connectivity index is 2.07. The molecule has 2 aromatic carbocycles. The average Bonchev–Trinajstić information content (AvgIpc) is 2.60. The van der Waals surface area contributed by atoms with Crippen molar-refractivity contribution in [3.05, 3.63) is 59.7 Å². The van der Waals surface area contributed by atoms with Crippen molar-refractivity contribution in [3.8, 4) is 11.5 Å². The van der Waals surface area contributed by atoms with Crippen LogP contribution in [-0.2, 0) is 10.2 Å². The van der Waals surface area contributed by atoms with E-state index in [1.165, 1.54) is 11.1 Å². The lowest BCUT2D eigenvalue weighted by Crippen LogP contribution is -2.22. The lowest BCUT2D eigenvalue weighted by Gasteiger charge is -2.26. The van der Waals surface area contributed by atoms with Gasteiger partial charge in [-0.05, 0) is 35.4 Å². The summed E-state index contributed by atoms with van der Waals surface area (Å²) in [4.78, 5) is 0. The van der Waals surface area contributed by atoms with E-state index in [2.05, 4.69) is 38.1 Å². The second kappa shape index (κ2) is 8.18. The Labute approximate surface area is 144 Å². The zero-order valence-corrected chi connectivity index (χ0v) is 14.8. The van der Waals surface area contributed by atoms with Crippen molar-refractivity contribution in [1.29, 1.82) is 0 Å². The molecule has 0 amide bonds. The normalized spacial score (nSPS) is 12.7. The van der Waals surface area contributed by atoms with Crippen LogP contribution in [0.3, 0.4) is 0 Å². The van der Waals surface area contributed by atoms with Gasteiger partial charge in [0, 0.05) is 12.5 Å². The van der Waals surface area contributed by atoms with Crippen molar-refractivity contribution in [1.82, 2.24) is 0 Å². The Morgan fingerprint density at radius 2 is 1.33 bits per heavy atom. The number of benzene rings is 2. The standard InChI is InChI=1S/C20H26O4/c1-20(2,15-5-9-18(23-4)10-6-15)16-7-11-19(12-8-16)24-14-17(21)13-22-3/h5-12,17,21H,13-14H2,1-4H3. The molecule has 0 aliphatic rings. The van der Waals surface area contributed by atoms with E-state index >= 15 is 0 Å². The SMILES string of the molecule is COCC(O)COc1ccc(C(C)(C)c2ccc(OC)cc2)cc1. The van der Waals surface area contributed by atoms with Gasteiger partial charge >= 0.3 is 0 Å². The number of aliphatic hydroxyl groups is 1. The van der Waals surface area contributed by atoms with E-state index in [1.807, 2.05) is 24.3 Å². The number of methoxy groups -OCH3 is 2. The van der Waals surface area contributed by atoms with Crippen molar-refractivity contribution >= 4 is 0 Å². The largest absolute Gasteiger partial charge is 0.497 e. The van der Waals surface area contributed by atoms with E-state index < -0.39 is 6.10 Å². The number of ether oxygens (including phenoxy) is 3. The molecule has 24 heavy (non-hydrogen) atoms. The predicted octanol–water partition coefficient (Wildman–Crippen LogP) is 3.41. The third kappa shape index (κ3) is 4.49. The van der Waals surface area contributed by atoms with Crippen LogP contribution in [0.5, 0.6) is 11.5 Å². The third-order valence-corrected chi connectivity index (χ3v) is 4.19. The molecule has 0 heterocycles. The Hall–Kier alpha value is -2.04. The molecule has 4 heteroatoms. The van der Waals surface area contributed by atoms with Crippen LogP contribution in [0.2, 0.25) is 0 Å². The van der Waals surface area contributed by atoms with E-state index in [0.717, 1.165) is 11.5 Å². The molecule has 130 valence electrons. The summed E-state index contributed by atoms with van der Waals surface area (Å²) in [6.45, 7) is 4.86. The monoisotopic (exact) mass is 330 g/mol. The zero-order valence-electron chi connectivity index (χ0n) is 14.8. The van der Waals surface area contributed by atoms with Crippen molar-refractivity contribution in [2.75, 3.05) is 27.4 Å². The molecule has 0 aromatic heterocycles. The highest BCUT2D eigenvalue weighted by Gasteiger charge is 2.23. The summed E-state index contributed by atoms with van der Waals surface area (Å²) in [5.41, 5.74) is 2.28. The lowest BCUT2D eigenvalue weighted by atomic mass is 9.78. The molecule has 1 N–H and O–H groups in total. The molecule has 0 fully saturated rings. The molecule has 0 radical (unpaired) electrons. The summed E-state index contributed by atoms with van der Waals surface area (Å²) in [7, 11) is 3.22. The van der Waals surface area contributed by atoms with Gasteiger partial charge in [-0.2, -0.15) is 0 Å². The second-order valence-corrected chi connectivity index (χ2v) is 6.30. The van der Waals surface area contributed by atoms with Crippen LogP contribution in [-0.4, -0.2) is 38.6 Å². The summed E-state index contributed by atoms with van der Waals surface area (Å²) in [5, 5.41) is 9.63. The number of aliphatic hydroxyl groups excluding tert-OH is 1. The predicted molar refractivity (Wildman–Crippen MR) is 94.9 cm³/mol. The first-order valence-electron chi connectivity index (χ1n) is 8.02. The molecule has 1 atom stereocenters. The maximum atomic E-state index is 9.63. The minimum Gasteiger partial charge on any atom is -0.497 e. The zero-order chi connectivity index (χ0) is 17.6. The van der Waals surface area contributed by atoms with Gasteiger partial charge in [-0.1, -0.05) is 38.1 Å². The van der Waals surface area contributed by atoms with Gasteiger partial charge in [0.1, 0.15) is 24.2 Å². The van der Waals surface area contributed by atoms with Crippen LogP contribution >= 0.6 is 0 Å². The molecule has 0 aliphatic heterocycles. The summed E-state index contributed by atoms with van der Waals surface area (Å²) in [6.07, 6.45) is -0.620. The Kier molecular flexibility index (Phi) is 6.23. The molecule has 2 aromatic rings. The van der Waals surface area contributed by atoms with Gasteiger partial charge in [0.05, 0.1) is 13.7 Å². The van der Waals surface area contributed by atoms with Crippen LogP contribution in [0.4, 0.5) is 0 Å². The van der Waals surface area contributed by atoms with Crippen molar-refractivity contribution in [3.63, 3.8) is 0 Å². The number of rotatable bonds is 8. The van der Waals surface area contributed by atoms with E-state index in [9.17, 15) is 5.11 Å². The van der Waals surface area contributed by atoms with Gasteiger partial charge in [0.15, 0.2) is 0 Å². The molecule has 0 bridgehead atoms. The lowest BCUT2D eigenvalue weighted by molar-refractivity contribution is 0.0325. The van der Waals surface area contributed by atoms with Crippen LogP contribution in [0.1, 0.15) is 25.0 Å². The fraction of sp³-hybridized carbons (Fsp3) is 0.400. The first kappa shape index (κ1) is 18.3. The third-order valence-electron chi connectivity index (χ3n) is 4.19. The molecule has 1 unspecified atom stereocenters. The minimum absolute atomic E-state index is 0.125. The number of hydrogen-bond donors (Lipinski definition) is 1. The van der Waals surface area contributed by atoms with Gasteiger partial charge in [-0.15, -0.1) is 0 Å². The molecule has 0 saturated heterocycles. The fourth-order valence-corrected chi connectivity index (χ4v) is 2.58. The van der Waals surface area contributed by atoms with E-state index in [0.29, 0.717) is 0 Å².